The van der Waals surface area contributed by atoms with Crippen LogP contribution in [-0.4, -0.2) is 0 Å². The molecule has 2 aromatic rings. The van der Waals surface area contributed by atoms with Gasteiger partial charge in [0.25, 0.3) is 0 Å². The standard InChI is InChI=1S/C13H11ClF2N2/c14-10-5-8(1-3-11(10)15)7-18-9-2-4-13(17)12(16)6-9/h1-6,18H,7,17H2. The number of halogens is 3. The zero-order valence-electron chi connectivity index (χ0n) is 9.38. The number of rotatable bonds is 3. The molecule has 3 N–H and O–H groups in total. The van der Waals surface area contributed by atoms with Gasteiger partial charge in [0.2, 0.25) is 0 Å². The van der Waals surface area contributed by atoms with Crippen LogP contribution < -0.4 is 11.1 Å². The molecule has 0 aliphatic carbocycles. The number of anilines is 2. The van der Waals surface area contributed by atoms with Gasteiger partial charge < -0.3 is 11.1 Å². The highest BCUT2D eigenvalue weighted by molar-refractivity contribution is 6.30. The van der Waals surface area contributed by atoms with E-state index in [1.807, 2.05) is 0 Å². The van der Waals surface area contributed by atoms with Crippen LogP contribution in [0.4, 0.5) is 20.2 Å². The highest BCUT2D eigenvalue weighted by Gasteiger charge is 2.02. The molecule has 0 saturated heterocycles. The smallest absolute Gasteiger partial charge is 0.148 e. The summed E-state index contributed by atoms with van der Waals surface area (Å²) >= 11 is 5.66. The maximum atomic E-state index is 13.2. The van der Waals surface area contributed by atoms with E-state index in [1.165, 1.54) is 24.3 Å². The van der Waals surface area contributed by atoms with Crippen LogP contribution in [0.5, 0.6) is 0 Å². The van der Waals surface area contributed by atoms with Gasteiger partial charge in [0.1, 0.15) is 11.6 Å². The van der Waals surface area contributed by atoms with Crippen LogP contribution in [0, 0.1) is 11.6 Å². The van der Waals surface area contributed by atoms with Crippen molar-refractivity contribution in [3.63, 3.8) is 0 Å². The van der Waals surface area contributed by atoms with E-state index in [-0.39, 0.29) is 10.7 Å². The molecular weight excluding hydrogens is 258 g/mol. The summed E-state index contributed by atoms with van der Waals surface area (Å²) in [5.74, 6) is -0.934. The largest absolute Gasteiger partial charge is 0.396 e. The molecule has 0 aromatic heterocycles. The Kier molecular flexibility index (Phi) is 3.67. The van der Waals surface area contributed by atoms with Crippen molar-refractivity contribution < 1.29 is 8.78 Å². The molecule has 2 rings (SSSR count). The minimum atomic E-state index is -0.475. The topological polar surface area (TPSA) is 38.0 Å². The first-order valence-electron chi connectivity index (χ1n) is 5.29. The van der Waals surface area contributed by atoms with Crippen LogP contribution in [0.25, 0.3) is 0 Å². The molecule has 2 aromatic carbocycles. The molecular formula is C13H11ClF2N2. The summed E-state index contributed by atoms with van der Waals surface area (Å²) in [4.78, 5) is 0. The van der Waals surface area contributed by atoms with E-state index in [9.17, 15) is 8.78 Å². The summed E-state index contributed by atoms with van der Waals surface area (Å²) in [6, 6.07) is 8.89. The molecule has 94 valence electrons. The Labute approximate surface area is 108 Å². The molecule has 0 aliphatic rings. The lowest BCUT2D eigenvalue weighted by Gasteiger charge is -2.08. The number of hydrogen-bond donors (Lipinski definition) is 2. The maximum Gasteiger partial charge on any atom is 0.148 e. The lowest BCUT2D eigenvalue weighted by Crippen LogP contribution is -2.01. The number of nitrogens with one attached hydrogen (secondary N) is 1. The van der Waals surface area contributed by atoms with Crippen molar-refractivity contribution in [1.29, 1.82) is 0 Å². The molecule has 0 atom stereocenters. The van der Waals surface area contributed by atoms with Crippen molar-refractivity contribution in [3.05, 3.63) is 58.6 Å². The number of nitrogen functional groups attached to an aromatic ring is 1. The first-order valence-corrected chi connectivity index (χ1v) is 5.67. The van der Waals surface area contributed by atoms with Gasteiger partial charge in [0.15, 0.2) is 0 Å². The molecule has 0 aliphatic heterocycles. The molecule has 0 spiro atoms. The maximum absolute atomic E-state index is 13.2. The number of nitrogens with two attached hydrogens (primary N) is 1. The van der Waals surface area contributed by atoms with Crippen molar-refractivity contribution in [2.75, 3.05) is 11.1 Å². The predicted octanol–water partition coefficient (Wildman–Crippen LogP) is 3.81. The van der Waals surface area contributed by atoms with Crippen molar-refractivity contribution in [1.82, 2.24) is 0 Å². The highest BCUT2D eigenvalue weighted by Crippen LogP contribution is 2.19. The molecule has 0 unspecified atom stereocenters. The summed E-state index contributed by atoms with van der Waals surface area (Å²) in [5.41, 5.74) is 6.88. The average Bonchev–Trinajstić information content (AvgIpc) is 2.35. The predicted molar refractivity (Wildman–Crippen MR) is 69.5 cm³/mol. The van der Waals surface area contributed by atoms with Gasteiger partial charge in [0, 0.05) is 12.2 Å². The van der Waals surface area contributed by atoms with Gasteiger partial charge in [-0.1, -0.05) is 17.7 Å². The van der Waals surface area contributed by atoms with Crippen molar-refractivity contribution >= 4 is 23.0 Å². The van der Waals surface area contributed by atoms with Gasteiger partial charge in [-0.05, 0) is 35.9 Å². The Morgan fingerprint density at radius 1 is 1.06 bits per heavy atom. The lowest BCUT2D eigenvalue weighted by molar-refractivity contribution is 0.627. The second kappa shape index (κ2) is 5.23. The van der Waals surface area contributed by atoms with Crippen molar-refractivity contribution in [2.24, 2.45) is 0 Å². The summed E-state index contributed by atoms with van der Waals surface area (Å²) in [6.07, 6.45) is 0. The number of hydrogen-bond acceptors (Lipinski definition) is 2. The van der Waals surface area contributed by atoms with Crippen LogP contribution in [-0.2, 0) is 6.54 Å². The monoisotopic (exact) mass is 268 g/mol. The molecule has 5 heteroatoms. The van der Waals surface area contributed by atoms with Crippen LogP contribution in [0.15, 0.2) is 36.4 Å². The zero-order chi connectivity index (χ0) is 13.1. The number of benzene rings is 2. The van der Waals surface area contributed by atoms with E-state index in [2.05, 4.69) is 5.32 Å². The summed E-state index contributed by atoms with van der Waals surface area (Å²) in [5, 5.41) is 3.07. The Morgan fingerprint density at radius 3 is 2.50 bits per heavy atom. The Hall–Kier alpha value is -1.81. The third-order valence-corrected chi connectivity index (χ3v) is 2.77. The second-order valence-electron chi connectivity index (χ2n) is 3.84. The van der Waals surface area contributed by atoms with Crippen molar-refractivity contribution in [3.8, 4) is 0 Å². The second-order valence-corrected chi connectivity index (χ2v) is 4.25. The third-order valence-electron chi connectivity index (χ3n) is 2.48. The van der Waals surface area contributed by atoms with Gasteiger partial charge >= 0.3 is 0 Å². The van der Waals surface area contributed by atoms with Crippen LogP contribution in [0.2, 0.25) is 5.02 Å². The van der Waals surface area contributed by atoms with E-state index in [4.69, 9.17) is 17.3 Å². The molecule has 0 saturated carbocycles. The van der Waals surface area contributed by atoms with E-state index in [0.717, 1.165) is 5.56 Å². The molecule has 2 nitrogen and oxygen atoms in total. The van der Waals surface area contributed by atoms with Crippen LogP contribution >= 0.6 is 11.6 Å². The molecule has 0 radical (unpaired) electrons. The summed E-state index contributed by atoms with van der Waals surface area (Å²) < 4.78 is 26.1. The molecule has 0 bridgehead atoms. The minimum absolute atomic E-state index is 0.0674. The van der Waals surface area contributed by atoms with E-state index >= 15 is 0 Å². The first kappa shape index (κ1) is 12.6. The van der Waals surface area contributed by atoms with Gasteiger partial charge in [-0.15, -0.1) is 0 Å². The van der Waals surface area contributed by atoms with Gasteiger partial charge in [-0.2, -0.15) is 0 Å². The van der Waals surface area contributed by atoms with Gasteiger partial charge in [-0.3, -0.25) is 0 Å². The summed E-state index contributed by atoms with van der Waals surface area (Å²) in [6.45, 7) is 0.420. The lowest BCUT2D eigenvalue weighted by atomic mass is 10.2. The van der Waals surface area contributed by atoms with Crippen LogP contribution in [0.3, 0.4) is 0 Å². The molecule has 0 heterocycles. The third kappa shape index (κ3) is 2.90. The molecule has 0 amide bonds. The normalized spacial score (nSPS) is 10.4. The first-order chi connectivity index (χ1) is 8.56. The Bertz CT molecular complexity index is 521. The molecule has 0 fully saturated rings. The Morgan fingerprint density at radius 2 is 1.83 bits per heavy atom. The van der Waals surface area contributed by atoms with E-state index in [1.54, 1.807) is 12.1 Å². The van der Waals surface area contributed by atoms with Crippen LogP contribution in [0.1, 0.15) is 5.56 Å². The van der Waals surface area contributed by atoms with Crippen molar-refractivity contribution in [2.45, 2.75) is 6.54 Å². The van der Waals surface area contributed by atoms with E-state index < -0.39 is 11.6 Å². The van der Waals surface area contributed by atoms with E-state index in [0.29, 0.717) is 12.2 Å². The van der Waals surface area contributed by atoms with Gasteiger partial charge in [0.05, 0.1) is 10.7 Å². The Balaban J connectivity index is 2.06. The fraction of sp³-hybridized carbons (Fsp3) is 0.0769. The fourth-order valence-corrected chi connectivity index (χ4v) is 1.69. The quantitative estimate of drug-likeness (QED) is 0.831. The summed E-state index contributed by atoms with van der Waals surface area (Å²) in [7, 11) is 0. The fourth-order valence-electron chi connectivity index (χ4n) is 1.49. The molecule has 18 heavy (non-hydrogen) atoms. The highest BCUT2D eigenvalue weighted by atomic mass is 35.5. The average molecular weight is 269 g/mol. The minimum Gasteiger partial charge on any atom is -0.396 e. The van der Waals surface area contributed by atoms with Gasteiger partial charge in [-0.25, -0.2) is 8.78 Å². The SMILES string of the molecule is Nc1ccc(NCc2ccc(F)c(Cl)c2)cc1F. The zero-order valence-corrected chi connectivity index (χ0v) is 10.1.